The van der Waals surface area contributed by atoms with E-state index in [1.54, 1.807) is 0 Å². The van der Waals surface area contributed by atoms with Gasteiger partial charge in [-0.1, -0.05) is 0 Å². The number of H-pyrrole nitrogens is 1. The van der Waals surface area contributed by atoms with Gasteiger partial charge in [-0.25, -0.2) is 0 Å². The summed E-state index contributed by atoms with van der Waals surface area (Å²) in [5.74, 6) is 2.31. The molecule has 0 spiro atoms. The van der Waals surface area contributed by atoms with E-state index in [2.05, 4.69) is 25.4 Å². The summed E-state index contributed by atoms with van der Waals surface area (Å²) in [6.07, 6.45) is 2.50. The van der Waals surface area contributed by atoms with Crippen molar-refractivity contribution in [2.45, 2.75) is 26.4 Å². The van der Waals surface area contributed by atoms with Crippen LogP contribution >= 0.6 is 0 Å². The summed E-state index contributed by atoms with van der Waals surface area (Å²) in [4.78, 5) is 6.74. The van der Waals surface area contributed by atoms with Crippen LogP contribution in [0.3, 0.4) is 0 Å². The summed E-state index contributed by atoms with van der Waals surface area (Å²) >= 11 is 0. The zero-order chi connectivity index (χ0) is 12.8. The van der Waals surface area contributed by atoms with Gasteiger partial charge in [0.15, 0.2) is 5.82 Å². The number of rotatable bonds is 6. The average Bonchev–Trinajstić information content (AvgIpc) is 2.86. The first-order chi connectivity index (χ1) is 8.83. The first-order valence-electron chi connectivity index (χ1n) is 6.72. The minimum Gasteiger partial charge on any atom is -0.374 e. The number of ether oxygens (including phenoxy) is 1. The molecule has 2 N–H and O–H groups in total. The van der Waals surface area contributed by atoms with E-state index in [9.17, 15) is 0 Å². The molecule has 0 aliphatic carbocycles. The van der Waals surface area contributed by atoms with Gasteiger partial charge in [-0.3, -0.25) is 5.10 Å². The largest absolute Gasteiger partial charge is 0.374 e. The molecule has 2 heterocycles. The van der Waals surface area contributed by atoms with Crippen molar-refractivity contribution in [3.8, 4) is 0 Å². The molecule has 1 saturated heterocycles. The fourth-order valence-electron chi connectivity index (χ4n) is 2.39. The van der Waals surface area contributed by atoms with E-state index in [1.807, 2.05) is 14.0 Å². The van der Waals surface area contributed by atoms with Crippen LogP contribution in [0.4, 0.5) is 5.95 Å². The molecule has 0 amide bonds. The van der Waals surface area contributed by atoms with Crippen molar-refractivity contribution in [2.75, 3.05) is 38.2 Å². The summed E-state index contributed by atoms with van der Waals surface area (Å²) in [5.41, 5.74) is 0. The third-order valence-corrected chi connectivity index (χ3v) is 3.26. The van der Waals surface area contributed by atoms with E-state index in [0.29, 0.717) is 19.1 Å². The molecule has 1 aromatic heterocycles. The fraction of sp³-hybridized carbons (Fsp3) is 0.833. The Balaban J connectivity index is 1.91. The van der Waals surface area contributed by atoms with Gasteiger partial charge >= 0.3 is 0 Å². The van der Waals surface area contributed by atoms with Gasteiger partial charge in [0, 0.05) is 19.7 Å². The Kier molecular flexibility index (Phi) is 4.95. The van der Waals surface area contributed by atoms with Crippen molar-refractivity contribution in [1.29, 1.82) is 0 Å². The zero-order valence-corrected chi connectivity index (χ0v) is 11.3. The van der Waals surface area contributed by atoms with Gasteiger partial charge in [-0.15, -0.1) is 5.10 Å². The Morgan fingerprint density at radius 2 is 2.44 bits per heavy atom. The Labute approximate surface area is 108 Å². The van der Waals surface area contributed by atoms with Gasteiger partial charge in [-0.2, -0.15) is 4.98 Å². The number of piperidine rings is 1. The molecule has 0 saturated carbocycles. The Morgan fingerprint density at radius 1 is 1.56 bits per heavy atom. The van der Waals surface area contributed by atoms with Crippen LogP contribution in [0.1, 0.15) is 25.6 Å². The van der Waals surface area contributed by atoms with Gasteiger partial charge in [-0.05, 0) is 39.3 Å². The number of hydrogen-bond donors (Lipinski definition) is 2. The van der Waals surface area contributed by atoms with Crippen LogP contribution in [-0.4, -0.2) is 48.5 Å². The maximum Gasteiger partial charge on any atom is 0.244 e. The van der Waals surface area contributed by atoms with Crippen LogP contribution in [0.25, 0.3) is 0 Å². The number of nitrogens with one attached hydrogen (secondary N) is 2. The van der Waals surface area contributed by atoms with Crippen LogP contribution in [0.15, 0.2) is 0 Å². The fourth-order valence-corrected chi connectivity index (χ4v) is 2.39. The Hall–Kier alpha value is -1.14. The minimum absolute atomic E-state index is 0.511. The highest BCUT2D eigenvalue weighted by Gasteiger charge is 2.22. The van der Waals surface area contributed by atoms with Crippen LogP contribution in [-0.2, 0) is 11.3 Å². The average molecular weight is 253 g/mol. The lowest BCUT2D eigenvalue weighted by Crippen LogP contribution is -2.39. The van der Waals surface area contributed by atoms with E-state index >= 15 is 0 Å². The topological polar surface area (TPSA) is 66.1 Å². The van der Waals surface area contributed by atoms with Gasteiger partial charge in [0.05, 0.1) is 0 Å². The highest BCUT2D eigenvalue weighted by molar-refractivity contribution is 5.29. The van der Waals surface area contributed by atoms with Gasteiger partial charge < -0.3 is 15.0 Å². The molecule has 1 aliphatic rings. The Morgan fingerprint density at radius 3 is 3.22 bits per heavy atom. The van der Waals surface area contributed by atoms with Gasteiger partial charge in [0.1, 0.15) is 6.61 Å². The molecule has 6 nitrogen and oxygen atoms in total. The second kappa shape index (κ2) is 6.70. The SMILES string of the molecule is CCOCc1nc(N2CCCC(CNC)C2)n[nH]1. The van der Waals surface area contributed by atoms with E-state index in [1.165, 1.54) is 12.8 Å². The first-order valence-corrected chi connectivity index (χ1v) is 6.72. The van der Waals surface area contributed by atoms with Gasteiger partial charge in [0.2, 0.25) is 5.95 Å². The molecule has 1 unspecified atom stereocenters. The molecule has 1 aliphatic heterocycles. The number of anilines is 1. The third-order valence-electron chi connectivity index (χ3n) is 3.26. The number of aromatic amines is 1. The van der Waals surface area contributed by atoms with Crippen molar-refractivity contribution < 1.29 is 4.74 Å². The summed E-state index contributed by atoms with van der Waals surface area (Å²) in [5, 5.41) is 10.5. The van der Waals surface area contributed by atoms with E-state index in [4.69, 9.17) is 4.74 Å². The van der Waals surface area contributed by atoms with Crippen molar-refractivity contribution in [3.63, 3.8) is 0 Å². The molecule has 0 radical (unpaired) electrons. The molecular weight excluding hydrogens is 230 g/mol. The summed E-state index contributed by atoms with van der Waals surface area (Å²) in [6, 6.07) is 0. The molecule has 0 aromatic carbocycles. The van der Waals surface area contributed by atoms with Crippen molar-refractivity contribution in [3.05, 3.63) is 5.82 Å². The molecule has 0 bridgehead atoms. The number of aromatic nitrogens is 3. The maximum absolute atomic E-state index is 5.32. The number of nitrogens with zero attached hydrogens (tertiary/aromatic N) is 3. The molecule has 18 heavy (non-hydrogen) atoms. The lowest BCUT2D eigenvalue weighted by molar-refractivity contribution is 0.128. The van der Waals surface area contributed by atoms with Crippen LogP contribution in [0.2, 0.25) is 0 Å². The smallest absolute Gasteiger partial charge is 0.244 e. The van der Waals surface area contributed by atoms with Crippen LogP contribution in [0, 0.1) is 5.92 Å². The van der Waals surface area contributed by atoms with E-state index in [-0.39, 0.29) is 0 Å². The van der Waals surface area contributed by atoms with Gasteiger partial charge in [0.25, 0.3) is 0 Å². The highest BCUT2D eigenvalue weighted by atomic mass is 16.5. The molecular formula is C12H23N5O. The summed E-state index contributed by atoms with van der Waals surface area (Å²) in [7, 11) is 2.01. The molecule has 1 aromatic rings. The maximum atomic E-state index is 5.32. The second-order valence-electron chi connectivity index (χ2n) is 4.73. The van der Waals surface area contributed by atoms with Crippen molar-refractivity contribution in [1.82, 2.24) is 20.5 Å². The second-order valence-corrected chi connectivity index (χ2v) is 4.73. The zero-order valence-electron chi connectivity index (χ0n) is 11.3. The number of hydrogen-bond acceptors (Lipinski definition) is 5. The Bertz CT molecular complexity index is 352. The third kappa shape index (κ3) is 3.43. The van der Waals surface area contributed by atoms with Crippen LogP contribution in [0.5, 0.6) is 0 Å². The summed E-state index contributed by atoms with van der Waals surface area (Å²) in [6.45, 7) is 6.33. The first kappa shape index (κ1) is 13.3. The molecule has 2 rings (SSSR count). The van der Waals surface area contributed by atoms with E-state index in [0.717, 1.165) is 31.4 Å². The van der Waals surface area contributed by atoms with Crippen molar-refractivity contribution in [2.24, 2.45) is 5.92 Å². The summed E-state index contributed by atoms with van der Waals surface area (Å²) < 4.78 is 5.32. The normalized spacial score (nSPS) is 20.3. The lowest BCUT2D eigenvalue weighted by atomic mass is 9.98. The minimum atomic E-state index is 0.511. The highest BCUT2D eigenvalue weighted by Crippen LogP contribution is 2.19. The van der Waals surface area contributed by atoms with E-state index < -0.39 is 0 Å². The van der Waals surface area contributed by atoms with Crippen LogP contribution < -0.4 is 10.2 Å². The van der Waals surface area contributed by atoms with Crippen molar-refractivity contribution >= 4 is 5.95 Å². The molecule has 102 valence electrons. The quantitative estimate of drug-likeness (QED) is 0.784. The predicted molar refractivity (Wildman–Crippen MR) is 70.6 cm³/mol. The molecule has 6 heteroatoms. The predicted octanol–water partition coefficient (Wildman–Crippen LogP) is 0.777. The lowest BCUT2D eigenvalue weighted by Gasteiger charge is -2.31. The molecule has 1 atom stereocenters. The molecule has 1 fully saturated rings. The standard InChI is InChI=1S/C12H23N5O/c1-3-18-9-11-14-12(16-15-11)17-6-4-5-10(8-17)7-13-2/h10,13H,3-9H2,1-2H3,(H,14,15,16). The monoisotopic (exact) mass is 253 g/mol.